The highest BCUT2D eigenvalue weighted by Crippen LogP contribution is 2.35. The topological polar surface area (TPSA) is 26.0 Å². The van der Waals surface area contributed by atoms with Gasteiger partial charge in [0, 0.05) is 6.04 Å². The average Bonchev–Trinajstić information content (AvgIpc) is 2.39. The van der Waals surface area contributed by atoms with E-state index in [9.17, 15) is 0 Å². The molecule has 0 aliphatic heterocycles. The van der Waals surface area contributed by atoms with E-state index in [-0.39, 0.29) is 0 Å². The zero-order valence-electron chi connectivity index (χ0n) is 11.5. The highest BCUT2D eigenvalue weighted by atomic mass is 35.5. The summed E-state index contributed by atoms with van der Waals surface area (Å²) in [5.74, 6) is 1.38. The van der Waals surface area contributed by atoms with E-state index in [0.29, 0.717) is 22.0 Å². The summed E-state index contributed by atoms with van der Waals surface area (Å²) in [5, 5.41) is 1.35. The first-order chi connectivity index (χ1) is 9.11. The smallest absolute Gasteiger partial charge is 0.0624 e. The quantitative estimate of drug-likeness (QED) is 0.824. The minimum atomic E-state index is 0.308. The molecule has 2 rings (SSSR count). The molecule has 1 saturated carbocycles. The minimum Gasteiger partial charge on any atom is -0.327 e. The highest BCUT2D eigenvalue weighted by molar-refractivity contribution is 6.42. The van der Waals surface area contributed by atoms with E-state index in [1.807, 2.05) is 12.1 Å². The summed E-state index contributed by atoms with van der Waals surface area (Å²) in [7, 11) is 0. The molecule has 3 heteroatoms. The third-order valence-corrected chi connectivity index (χ3v) is 5.22. The van der Waals surface area contributed by atoms with Crippen LogP contribution < -0.4 is 5.73 Å². The lowest BCUT2D eigenvalue weighted by Crippen LogP contribution is -2.37. The number of rotatable bonds is 4. The lowest BCUT2D eigenvalue weighted by Gasteiger charge is -2.34. The summed E-state index contributed by atoms with van der Waals surface area (Å²) in [6.45, 7) is 2.26. The van der Waals surface area contributed by atoms with Crippen molar-refractivity contribution in [1.29, 1.82) is 0 Å². The molecule has 0 heterocycles. The van der Waals surface area contributed by atoms with E-state index < -0.39 is 0 Å². The Labute approximate surface area is 126 Å². The van der Waals surface area contributed by atoms with Crippen molar-refractivity contribution < 1.29 is 0 Å². The Bertz CT molecular complexity index is 419. The number of benzene rings is 1. The molecule has 1 aromatic carbocycles. The van der Waals surface area contributed by atoms with Crippen LogP contribution in [-0.4, -0.2) is 6.04 Å². The van der Waals surface area contributed by atoms with E-state index in [4.69, 9.17) is 28.9 Å². The lowest BCUT2D eigenvalue weighted by molar-refractivity contribution is 0.221. The van der Waals surface area contributed by atoms with Gasteiger partial charge in [0.1, 0.15) is 0 Å². The predicted octanol–water partition coefficient (Wildman–Crippen LogP) is 5.08. The van der Waals surface area contributed by atoms with E-state index in [1.54, 1.807) is 0 Å². The van der Waals surface area contributed by atoms with Crippen LogP contribution in [0.5, 0.6) is 0 Å². The van der Waals surface area contributed by atoms with Crippen LogP contribution >= 0.6 is 23.2 Å². The minimum absolute atomic E-state index is 0.308. The van der Waals surface area contributed by atoms with Crippen molar-refractivity contribution in [3.05, 3.63) is 33.8 Å². The molecule has 0 radical (unpaired) electrons. The van der Waals surface area contributed by atoms with Gasteiger partial charge in [-0.15, -0.1) is 0 Å². The lowest BCUT2D eigenvalue weighted by atomic mass is 9.74. The summed E-state index contributed by atoms with van der Waals surface area (Å²) in [6, 6.07) is 6.20. The molecule has 1 nitrogen and oxygen atoms in total. The molecule has 19 heavy (non-hydrogen) atoms. The molecular weight excluding hydrogens is 277 g/mol. The average molecular weight is 300 g/mol. The molecule has 106 valence electrons. The molecule has 0 spiro atoms. The van der Waals surface area contributed by atoms with Crippen LogP contribution in [0.3, 0.4) is 0 Å². The van der Waals surface area contributed by atoms with Gasteiger partial charge in [-0.2, -0.15) is 0 Å². The van der Waals surface area contributed by atoms with Gasteiger partial charge in [0.05, 0.1) is 10.0 Å². The van der Waals surface area contributed by atoms with Gasteiger partial charge in [-0.1, -0.05) is 55.1 Å². The van der Waals surface area contributed by atoms with Gasteiger partial charge in [-0.05, 0) is 49.1 Å². The first-order valence-electron chi connectivity index (χ1n) is 7.30. The fourth-order valence-electron chi connectivity index (χ4n) is 3.28. The van der Waals surface area contributed by atoms with Crippen molar-refractivity contribution in [3.63, 3.8) is 0 Å². The largest absolute Gasteiger partial charge is 0.327 e. The zero-order valence-corrected chi connectivity index (χ0v) is 13.1. The molecule has 0 saturated heterocycles. The van der Waals surface area contributed by atoms with E-state index in [2.05, 4.69) is 13.0 Å². The Kier molecular flexibility index (Phi) is 5.56. The standard InChI is InChI=1S/C16H23Cl2N/c1-2-4-11-7-8-15(19)13(9-11)10-12-5-3-6-14(17)16(12)18/h3,5-6,11,13,15H,2,4,7-10,19H2,1H3. The maximum absolute atomic E-state index is 6.30. The normalized spacial score (nSPS) is 27.5. The van der Waals surface area contributed by atoms with Crippen LogP contribution in [0.2, 0.25) is 10.0 Å². The summed E-state index contributed by atoms with van der Waals surface area (Å²) in [6.07, 6.45) is 7.22. The van der Waals surface area contributed by atoms with Gasteiger partial charge in [0.25, 0.3) is 0 Å². The van der Waals surface area contributed by atoms with Crippen molar-refractivity contribution in [2.75, 3.05) is 0 Å². The van der Waals surface area contributed by atoms with Crippen LogP contribution in [0.25, 0.3) is 0 Å². The number of halogens is 2. The molecule has 0 amide bonds. The van der Waals surface area contributed by atoms with Gasteiger partial charge >= 0.3 is 0 Å². The Balaban J connectivity index is 2.05. The highest BCUT2D eigenvalue weighted by Gasteiger charge is 2.28. The van der Waals surface area contributed by atoms with Crippen molar-refractivity contribution in [2.45, 2.75) is 51.5 Å². The second-order valence-electron chi connectivity index (χ2n) is 5.81. The zero-order chi connectivity index (χ0) is 13.8. The third-order valence-electron chi connectivity index (χ3n) is 4.36. The molecule has 0 bridgehead atoms. The van der Waals surface area contributed by atoms with Gasteiger partial charge in [-0.25, -0.2) is 0 Å². The summed E-state index contributed by atoms with van der Waals surface area (Å²) >= 11 is 12.4. The molecule has 1 aliphatic rings. The van der Waals surface area contributed by atoms with E-state index in [0.717, 1.165) is 24.3 Å². The Morgan fingerprint density at radius 3 is 2.79 bits per heavy atom. The number of nitrogens with two attached hydrogens (primary N) is 1. The van der Waals surface area contributed by atoms with Crippen LogP contribution in [0, 0.1) is 11.8 Å². The fraction of sp³-hybridized carbons (Fsp3) is 0.625. The summed E-state index contributed by atoms with van der Waals surface area (Å²) in [4.78, 5) is 0. The molecule has 3 unspecified atom stereocenters. The first kappa shape index (κ1) is 15.2. The third kappa shape index (κ3) is 3.87. The summed E-state index contributed by atoms with van der Waals surface area (Å²) in [5.41, 5.74) is 7.44. The molecule has 3 atom stereocenters. The molecule has 1 aromatic rings. The monoisotopic (exact) mass is 299 g/mol. The predicted molar refractivity (Wildman–Crippen MR) is 83.9 cm³/mol. The van der Waals surface area contributed by atoms with Gasteiger partial charge in [0.15, 0.2) is 0 Å². The first-order valence-corrected chi connectivity index (χ1v) is 8.05. The number of hydrogen-bond acceptors (Lipinski definition) is 1. The maximum Gasteiger partial charge on any atom is 0.0624 e. The molecule has 1 fully saturated rings. The summed E-state index contributed by atoms with van der Waals surface area (Å²) < 4.78 is 0. The van der Waals surface area contributed by atoms with Crippen molar-refractivity contribution >= 4 is 23.2 Å². The molecule has 1 aliphatic carbocycles. The van der Waals surface area contributed by atoms with Gasteiger partial charge in [0.2, 0.25) is 0 Å². The molecule has 0 aromatic heterocycles. The Hall–Kier alpha value is -0.240. The number of hydrogen-bond donors (Lipinski definition) is 1. The second kappa shape index (κ2) is 6.97. The van der Waals surface area contributed by atoms with Crippen LogP contribution in [0.4, 0.5) is 0 Å². The fourth-order valence-corrected chi connectivity index (χ4v) is 3.68. The Morgan fingerprint density at radius 2 is 2.05 bits per heavy atom. The van der Waals surface area contributed by atoms with E-state index >= 15 is 0 Å². The second-order valence-corrected chi connectivity index (χ2v) is 6.59. The maximum atomic E-state index is 6.30. The molecule has 2 N–H and O–H groups in total. The van der Waals surface area contributed by atoms with Gasteiger partial charge in [-0.3, -0.25) is 0 Å². The van der Waals surface area contributed by atoms with Crippen molar-refractivity contribution in [1.82, 2.24) is 0 Å². The molecular formula is C16H23Cl2N. The SMILES string of the molecule is CCCC1CCC(N)C(Cc2cccc(Cl)c2Cl)C1. The van der Waals surface area contributed by atoms with Crippen LogP contribution in [0.15, 0.2) is 18.2 Å². The van der Waals surface area contributed by atoms with E-state index in [1.165, 1.54) is 25.7 Å². The van der Waals surface area contributed by atoms with Gasteiger partial charge < -0.3 is 5.73 Å². The van der Waals surface area contributed by atoms with Crippen molar-refractivity contribution in [2.24, 2.45) is 17.6 Å². The Morgan fingerprint density at radius 1 is 1.26 bits per heavy atom. The van der Waals surface area contributed by atoms with Crippen molar-refractivity contribution in [3.8, 4) is 0 Å². The van der Waals surface area contributed by atoms with Crippen LogP contribution in [0.1, 0.15) is 44.6 Å². The van der Waals surface area contributed by atoms with Crippen LogP contribution in [-0.2, 0) is 6.42 Å².